The predicted octanol–water partition coefficient (Wildman–Crippen LogP) is 2.95. The van der Waals surface area contributed by atoms with Gasteiger partial charge in [-0.25, -0.2) is 0 Å². The molecule has 6 heteroatoms. The fraction of sp³-hybridized carbons (Fsp3) is 0.286. The molecule has 0 aliphatic rings. The van der Waals surface area contributed by atoms with Crippen molar-refractivity contribution in [3.63, 3.8) is 0 Å². The summed E-state index contributed by atoms with van der Waals surface area (Å²) in [6.45, 7) is 3.40. The fourth-order valence-corrected chi connectivity index (χ4v) is 2.18. The Morgan fingerprint density at radius 3 is 2.80 bits per heavy atom. The molecule has 0 saturated heterocycles. The number of carboxylic acid groups (broad SMARTS) is 1. The average molecular weight is 340 g/mol. The number of rotatable bonds is 4. The number of carboxylic acids is 1. The van der Waals surface area contributed by atoms with Crippen LogP contribution in [-0.4, -0.2) is 23.5 Å². The molecule has 0 fully saturated rings. The maximum atomic E-state index is 12.0. The Morgan fingerprint density at radius 2 is 2.15 bits per heavy atom. The zero-order valence-electron chi connectivity index (χ0n) is 11.1. The highest BCUT2D eigenvalue weighted by molar-refractivity contribution is 9.10. The number of benzene rings is 1. The van der Waals surface area contributed by atoms with Crippen molar-refractivity contribution in [2.75, 3.05) is 6.54 Å². The Labute approximate surface area is 124 Å². The molecule has 1 aromatic heterocycles. The quantitative estimate of drug-likeness (QED) is 0.897. The van der Waals surface area contributed by atoms with Crippen LogP contribution in [0.15, 0.2) is 27.1 Å². The molecular formula is C14H14BrNO4. The molecule has 0 saturated carbocycles. The van der Waals surface area contributed by atoms with Crippen LogP contribution in [0.5, 0.6) is 0 Å². The fourth-order valence-electron chi connectivity index (χ4n) is 1.82. The Morgan fingerprint density at radius 1 is 1.45 bits per heavy atom. The minimum Gasteiger partial charge on any atom is -0.481 e. The van der Waals surface area contributed by atoms with Crippen molar-refractivity contribution >= 4 is 38.8 Å². The SMILES string of the molecule is Cc1c(C(=O)NCC(C)C(=O)O)oc2ccc(Br)cc12. The zero-order valence-corrected chi connectivity index (χ0v) is 12.7. The second-order valence-corrected chi connectivity index (χ2v) is 5.56. The number of aryl methyl sites for hydroxylation is 1. The van der Waals surface area contributed by atoms with Gasteiger partial charge in [-0.2, -0.15) is 0 Å². The lowest BCUT2D eigenvalue weighted by Crippen LogP contribution is -2.31. The van der Waals surface area contributed by atoms with Crippen LogP contribution in [0.2, 0.25) is 0 Å². The topological polar surface area (TPSA) is 79.5 Å². The molecule has 20 heavy (non-hydrogen) atoms. The van der Waals surface area contributed by atoms with E-state index in [1.165, 1.54) is 6.92 Å². The molecule has 2 aromatic rings. The molecule has 2 N–H and O–H groups in total. The summed E-state index contributed by atoms with van der Waals surface area (Å²) in [5.41, 5.74) is 1.36. The summed E-state index contributed by atoms with van der Waals surface area (Å²) in [6, 6.07) is 5.49. The van der Waals surface area contributed by atoms with Crippen molar-refractivity contribution in [1.29, 1.82) is 0 Å². The summed E-state index contributed by atoms with van der Waals surface area (Å²) in [5, 5.41) is 12.2. The lowest BCUT2D eigenvalue weighted by atomic mass is 10.1. The number of furan rings is 1. The van der Waals surface area contributed by atoms with E-state index < -0.39 is 17.8 Å². The first-order valence-corrected chi connectivity index (χ1v) is 6.89. The van der Waals surface area contributed by atoms with Gasteiger partial charge in [0.05, 0.1) is 5.92 Å². The maximum absolute atomic E-state index is 12.0. The summed E-state index contributed by atoms with van der Waals surface area (Å²) in [4.78, 5) is 22.8. The van der Waals surface area contributed by atoms with Gasteiger partial charge in [0, 0.05) is 22.0 Å². The van der Waals surface area contributed by atoms with Crippen molar-refractivity contribution in [1.82, 2.24) is 5.32 Å². The van der Waals surface area contributed by atoms with E-state index in [1.54, 1.807) is 13.0 Å². The lowest BCUT2D eigenvalue weighted by molar-refractivity contribution is -0.140. The molecule has 106 valence electrons. The highest BCUT2D eigenvalue weighted by Gasteiger charge is 2.19. The van der Waals surface area contributed by atoms with E-state index in [4.69, 9.17) is 9.52 Å². The van der Waals surface area contributed by atoms with Crippen molar-refractivity contribution in [3.8, 4) is 0 Å². The molecular weight excluding hydrogens is 326 g/mol. The molecule has 0 bridgehead atoms. The number of carbonyl (C=O) groups is 2. The normalized spacial score (nSPS) is 12.3. The van der Waals surface area contributed by atoms with Gasteiger partial charge in [0.25, 0.3) is 5.91 Å². The van der Waals surface area contributed by atoms with Crippen LogP contribution >= 0.6 is 15.9 Å². The number of hydrogen-bond donors (Lipinski definition) is 2. The van der Waals surface area contributed by atoms with Gasteiger partial charge in [0.2, 0.25) is 0 Å². The molecule has 1 atom stereocenters. The number of fused-ring (bicyclic) bond motifs is 1. The van der Waals surface area contributed by atoms with E-state index in [-0.39, 0.29) is 12.3 Å². The van der Waals surface area contributed by atoms with Crippen molar-refractivity contribution in [3.05, 3.63) is 34.0 Å². The van der Waals surface area contributed by atoms with Gasteiger partial charge in [-0.1, -0.05) is 22.9 Å². The molecule has 2 rings (SSSR count). The average Bonchev–Trinajstić information content (AvgIpc) is 2.73. The Hall–Kier alpha value is -1.82. The standard InChI is InChI=1S/C14H14BrNO4/c1-7(14(18)19)6-16-13(17)12-8(2)10-5-9(15)3-4-11(10)20-12/h3-5,7H,6H2,1-2H3,(H,16,17)(H,18,19). The number of carbonyl (C=O) groups excluding carboxylic acids is 1. The molecule has 1 aromatic carbocycles. The molecule has 0 aliphatic heterocycles. The van der Waals surface area contributed by atoms with Gasteiger partial charge in [0.1, 0.15) is 5.58 Å². The number of aliphatic carboxylic acids is 1. The monoisotopic (exact) mass is 339 g/mol. The third-order valence-corrected chi connectivity index (χ3v) is 3.59. The Balaban J connectivity index is 2.22. The van der Waals surface area contributed by atoms with Crippen molar-refractivity contribution < 1.29 is 19.1 Å². The number of amides is 1. The number of nitrogens with one attached hydrogen (secondary N) is 1. The van der Waals surface area contributed by atoms with Crippen molar-refractivity contribution in [2.24, 2.45) is 5.92 Å². The third-order valence-electron chi connectivity index (χ3n) is 3.09. The molecule has 1 unspecified atom stereocenters. The van der Waals surface area contributed by atoms with Crippen LogP contribution in [0.1, 0.15) is 23.0 Å². The minimum atomic E-state index is -0.949. The highest BCUT2D eigenvalue weighted by atomic mass is 79.9. The predicted molar refractivity (Wildman–Crippen MR) is 77.8 cm³/mol. The van der Waals surface area contributed by atoms with E-state index in [2.05, 4.69) is 21.2 Å². The molecule has 0 aliphatic carbocycles. The zero-order chi connectivity index (χ0) is 14.9. The van der Waals surface area contributed by atoms with Crippen LogP contribution in [0.4, 0.5) is 0 Å². The van der Waals surface area contributed by atoms with Gasteiger partial charge < -0.3 is 14.8 Å². The van der Waals surface area contributed by atoms with Crippen LogP contribution in [-0.2, 0) is 4.79 Å². The molecule has 5 nitrogen and oxygen atoms in total. The van der Waals surface area contributed by atoms with Gasteiger partial charge in [-0.3, -0.25) is 9.59 Å². The molecule has 1 heterocycles. The van der Waals surface area contributed by atoms with Crippen LogP contribution in [0.25, 0.3) is 11.0 Å². The summed E-state index contributed by atoms with van der Waals surface area (Å²) >= 11 is 3.37. The Kier molecular flexibility index (Phi) is 4.13. The summed E-state index contributed by atoms with van der Waals surface area (Å²) < 4.78 is 6.43. The van der Waals surface area contributed by atoms with E-state index >= 15 is 0 Å². The number of halogens is 1. The first-order valence-electron chi connectivity index (χ1n) is 6.09. The van der Waals surface area contributed by atoms with Crippen molar-refractivity contribution in [2.45, 2.75) is 13.8 Å². The van der Waals surface area contributed by atoms with Gasteiger partial charge in [0.15, 0.2) is 5.76 Å². The highest BCUT2D eigenvalue weighted by Crippen LogP contribution is 2.27. The molecule has 0 radical (unpaired) electrons. The molecule has 0 spiro atoms. The minimum absolute atomic E-state index is 0.0638. The van der Waals surface area contributed by atoms with E-state index in [1.807, 2.05) is 12.1 Å². The second-order valence-electron chi connectivity index (χ2n) is 4.65. The first kappa shape index (κ1) is 14.6. The summed E-state index contributed by atoms with van der Waals surface area (Å²) in [7, 11) is 0. The molecule has 1 amide bonds. The summed E-state index contributed by atoms with van der Waals surface area (Å²) in [5.74, 6) is -1.77. The summed E-state index contributed by atoms with van der Waals surface area (Å²) in [6.07, 6.45) is 0. The number of hydrogen-bond acceptors (Lipinski definition) is 3. The lowest BCUT2D eigenvalue weighted by Gasteiger charge is -2.07. The largest absolute Gasteiger partial charge is 0.481 e. The van der Waals surface area contributed by atoms with Gasteiger partial charge in [-0.05, 0) is 25.1 Å². The van der Waals surface area contributed by atoms with Gasteiger partial charge >= 0.3 is 5.97 Å². The van der Waals surface area contributed by atoms with Crippen LogP contribution < -0.4 is 5.32 Å². The first-order chi connectivity index (χ1) is 9.40. The Bertz CT molecular complexity index is 677. The van der Waals surface area contributed by atoms with Gasteiger partial charge in [-0.15, -0.1) is 0 Å². The van der Waals surface area contributed by atoms with Crippen LogP contribution in [0.3, 0.4) is 0 Å². The van der Waals surface area contributed by atoms with Crippen LogP contribution in [0, 0.1) is 12.8 Å². The van der Waals surface area contributed by atoms with E-state index in [0.717, 1.165) is 15.4 Å². The second kappa shape index (κ2) is 5.66. The van der Waals surface area contributed by atoms with E-state index in [9.17, 15) is 9.59 Å². The van der Waals surface area contributed by atoms with E-state index in [0.29, 0.717) is 5.58 Å². The smallest absolute Gasteiger partial charge is 0.308 e. The maximum Gasteiger partial charge on any atom is 0.308 e. The third kappa shape index (κ3) is 2.85.